The number of ether oxygens (including phenoxy) is 1. The van der Waals surface area contributed by atoms with E-state index in [0.717, 1.165) is 60.1 Å². The maximum absolute atomic E-state index is 12.5. The number of methoxy groups -OCH3 is 1. The van der Waals surface area contributed by atoms with Gasteiger partial charge in [-0.25, -0.2) is 9.67 Å². The first-order valence-electron chi connectivity index (χ1n) is 9.77. The molecule has 1 aromatic carbocycles. The molecule has 0 atom stereocenters. The molecule has 7 nitrogen and oxygen atoms in total. The van der Waals surface area contributed by atoms with E-state index in [4.69, 9.17) is 10.5 Å². The van der Waals surface area contributed by atoms with E-state index in [-0.39, 0.29) is 5.91 Å². The van der Waals surface area contributed by atoms with Crippen LogP contribution in [0.1, 0.15) is 41.7 Å². The van der Waals surface area contributed by atoms with Crippen molar-refractivity contribution in [2.45, 2.75) is 32.6 Å². The number of carbonyl (C=O) groups excluding carboxylic acids is 1. The maximum Gasteiger partial charge on any atom is 0.254 e. The fraction of sp³-hybridized carbons (Fsp3) is 0.381. The van der Waals surface area contributed by atoms with Gasteiger partial charge in [-0.1, -0.05) is 25.0 Å². The molecule has 0 aliphatic carbocycles. The van der Waals surface area contributed by atoms with Crippen LogP contribution in [0.2, 0.25) is 0 Å². The van der Waals surface area contributed by atoms with E-state index >= 15 is 0 Å². The lowest BCUT2D eigenvalue weighted by Crippen LogP contribution is -2.24. The first kappa shape index (κ1) is 21.0. The predicted molar refractivity (Wildman–Crippen MR) is 116 cm³/mol. The van der Waals surface area contributed by atoms with Crippen molar-refractivity contribution in [1.82, 2.24) is 20.1 Å². The Morgan fingerprint density at radius 2 is 2.10 bits per heavy atom. The monoisotopic (exact) mass is 413 g/mol. The van der Waals surface area contributed by atoms with Crippen molar-refractivity contribution in [1.29, 1.82) is 0 Å². The van der Waals surface area contributed by atoms with Crippen LogP contribution in [0.4, 0.5) is 0 Å². The third-order valence-corrected chi connectivity index (χ3v) is 5.53. The number of nitrogens with zero attached hydrogens (tertiary/aromatic N) is 3. The van der Waals surface area contributed by atoms with Crippen molar-refractivity contribution in [2.75, 3.05) is 20.2 Å². The van der Waals surface area contributed by atoms with Crippen LogP contribution in [0, 0.1) is 6.92 Å². The van der Waals surface area contributed by atoms with Crippen LogP contribution in [0.5, 0.6) is 5.75 Å². The molecule has 3 N–H and O–H groups in total. The highest BCUT2D eigenvalue weighted by molar-refractivity contribution is 7.12. The average molecular weight is 414 g/mol. The van der Waals surface area contributed by atoms with Crippen LogP contribution in [0.25, 0.3) is 16.4 Å². The Hall–Kier alpha value is -2.71. The molecule has 2 aromatic heterocycles. The first-order chi connectivity index (χ1) is 14.1. The van der Waals surface area contributed by atoms with Crippen molar-refractivity contribution in [2.24, 2.45) is 5.73 Å². The van der Waals surface area contributed by atoms with Gasteiger partial charge < -0.3 is 15.8 Å². The second-order valence-electron chi connectivity index (χ2n) is 6.76. The van der Waals surface area contributed by atoms with Crippen LogP contribution < -0.4 is 15.8 Å². The molecule has 0 aliphatic heterocycles. The summed E-state index contributed by atoms with van der Waals surface area (Å²) >= 11 is 1.49. The maximum atomic E-state index is 12.5. The van der Waals surface area contributed by atoms with Crippen LogP contribution >= 0.6 is 11.3 Å². The minimum atomic E-state index is -0.0999. The van der Waals surface area contributed by atoms with Crippen LogP contribution in [0.3, 0.4) is 0 Å². The standard InChI is InChI=1S/C21H27N5O2S/c1-15-18(20(27)23-11-6-4-3-5-10-22)13-24-26(15)21-25-19(14-29-21)16-8-7-9-17(12-16)28-2/h7-9,12-14H,3-6,10-11,22H2,1-2H3,(H,23,27). The third-order valence-electron chi connectivity index (χ3n) is 4.71. The highest BCUT2D eigenvalue weighted by Gasteiger charge is 2.17. The molecule has 0 radical (unpaired) electrons. The lowest BCUT2D eigenvalue weighted by Gasteiger charge is -2.05. The van der Waals surface area contributed by atoms with Crippen LogP contribution in [0.15, 0.2) is 35.8 Å². The molecule has 0 unspecified atom stereocenters. The zero-order valence-electron chi connectivity index (χ0n) is 16.9. The normalized spacial score (nSPS) is 10.9. The molecule has 3 rings (SSSR count). The Kier molecular flexibility index (Phi) is 7.37. The molecule has 1 amide bonds. The Morgan fingerprint density at radius 1 is 1.28 bits per heavy atom. The lowest BCUT2D eigenvalue weighted by molar-refractivity contribution is 0.0952. The summed E-state index contributed by atoms with van der Waals surface area (Å²) in [6.45, 7) is 3.27. The number of unbranched alkanes of at least 4 members (excludes halogenated alkanes) is 3. The molecule has 0 fully saturated rings. The van der Waals surface area contributed by atoms with Crippen molar-refractivity contribution in [3.63, 3.8) is 0 Å². The second kappa shape index (κ2) is 10.2. The highest BCUT2D eigenvalue weighted by atomic mass is 32.1. The number of amides is 1. The zero-order valence-corrected chi connectivity index (χ0v) is 17.7. The zero-order chi connectivity index (χ0) is 20.6. The van der Waals surface area contributed by atoms with Gasteiger partial charge in [-0.05, 0) is 38.4 Å². The predicted octanol–water partition coefficient (Wildman–Crippen LogP) is 3.56. The number of nitrogens with one attached hydrogen (secondary N) is 1. The van der Waals surface area contributed by atoms with Gasteiger partial charge in [0.25, 0.3) is 5.91 Å². The molecule has 3 aromatic rings. The third kappa shape index (κ3) is 5.21. The summed E-state index contributed by atoms with van der Waals surface area (Å²) in [6, 6.07) is 7.77. The molecule has 0 bridgehead atoms. The Bertz CT molecular complexity index is 950. The van der Waals surface area contributed by atoms with Crippen LogP contribution in [-0.2, 0) is 0 Å². The molecule has 2 heterocycles. The van der Waals surface area contributed by atoms with E-state index in [0.29, 0.717) is 12.1 Å². The molecular weight excluding hydrogens is 386 g/mol. The number of hydrogen-bond acceptors (Lipinski definition) is 6. The largest absolute Gasteiger partial charge is 0.497 e. The quantitative estimate of drug-likeness (QED) is 0.496. The van der Waals surface area contributed by atoms with Crippen molar-refractivity contribution in [3.8, 4) is 22.1 Å². The van der Waals surface area contributed by atoms with E-state index in [1.165, 1.54) is 11.3 Å². The summed E-state index contributed by atoms with van der Waals surface area (Å²) in [7, 11) is 1.64. The van der Waals surface area contributed by atoms with Gasteiger partial charge in [0.1, 0.15) is 5.75 Å². The second-order valence-corrected chi connectivity index (χ2v) is 7.60. The number of carbonyl (C=O) groups is 1. The van der Waals surface area contributed by atoms with E-state index in [2.05, 4.69) is 15.4 Å². The smallest absolute Gasteiger partial charge is 0.254 e. The minimum absolute atomic E-state index is 0.0999. The summed E-state index contributed by atoms with van der Waals surface area (Å²) < 4.78 is 7.00. The fourth-order valence-electron chi connectivity index (χ4n) is 3.02. The van der Waals surface area contributed by atoms with Gasteiger partial charge in [-0.2, -0.15) is 5.10 Å². The van der Waals surface area contributed by atoms with E-state index in [1.807, 2.05) is 36.6 Å². The highest BCUT2D eigenvalue weighted by Crippen LogP contribution is 2.27. The summed E-state index contributed by atoms with van der Waals surface area (Å²) in [4.78, 5) is 17.2. The van der Waals surface area contributed by atoms with Gasteiger partial charge in [0, 0.05) is 17.5 Å². The SMILES string of the molecule is COc1cccc(-c2csc(-n3ncc(C(=O)NCCCCCCN)c3C)n2)c1. The minimum Gasteiger partial charge on any atom is -0.497 e. The number of thiazole rings is 1. The molecule has 0 aliphatic rings. The van der Waals surface area contributed by atoms with E-state index < -0.39 is 0 Å². The van der Waals surface area contributed by atoms with E-state index in [1.54, 1.807) is 18.0 Å². The summed E-state index contributed by atoms with van der Waals surface area (Å²) in [5, 5.41) is 10.1. The molecule has 0 saturated heterocycles. The average Bonchev–Trinajstić information content (AvgIpc) is 3.37. The number of nitrogens with two attached hydrogens (primary N) is 1. The molecule has 29 heavy (non-hydrogen) atoms. The summed E-state index contributed by atoms with van der Waals surface area (Å²) in [5.41, 5.74) is 8.67. The molecule has 0 spiro atoms. The molecule has 154 valence electrons. The number of hydrogen-bond donors (Lipinski definition) is 2. The fourth-order valence-corrected chi connectivity index (χ4v) is 3.86. The number of benzene rings is 1. The summed E-state index contributed by atoms with van der Waals surface area (Å²) in [5.74, 6) is 0.687. The number of rotatable bonds is 10. The number of aromatic nitrogens is 3. The lowest BCUT2D eigenvalue weighted by atomic mass is 10.2. The summed E-state index contributed by atoms with van der Waals surface area (Å²) in [6.07, 6.45) is 5.76. The van der Waals surface area contributed by atoms with Gasteiger partial charge >= 0.3 is 0 Å². The Balaban J connectivity index is 1.66. The van der Waals surface area contributed by atoms with E-state index in [9.17, 15) is 4.79 Å². The topological polar surface area (TPSA) is 95.1 Å². The van der Waals surface area contributed by atoms with Crippen molar-refractivity contribution >= 4 is 17.2 Å². The molecular formula is C21H27N5O2S. The molecule has 8 heteroatoms. The van der Waals surface area contributed by atoms with Gasteiger partial charge in [0.15, 0.2) is 0 Å². The van der Waals surface area contributed by atoms with Gasteiger partial charge in [0.05, 0.1) is 30.3 Å². The Labute approximate surface area is 174 Å². The van der Waals surface area contributed by atoms with Gasteiger partial charge in [-0.15, -0.1) is 11.3 Å². The van der Waals surface area contributed by atoms with Crippen molar-refractivity contribution < 1.29 is 9.53 Å². The molecule has 0 saturated carbocycles. The van der Waals surface area contributed by atoms with Crippen LogP contribution in [-0.4, -0.2) is 40.9 Å². The first-order valence-corrected chi connectivity index (χ1v) is 10.6. The van der Waals surface area contributed by atoms with Gasteiger partial charge in [-0.3, -0.25) is 4.79 Å². The Morgan fingerprint density at radius 3 is 2.90 bits per heavy atom. The van der Waals surface area contributed by atoms with Crippen molar-refractivity contribution in [3.05, 3.63) is 47.1 Å². The van der Waals surface area contributed by atoms with Gasteiger partial charge in [0.2, 0.25) is 5.13 Å².